The summed E-state index contributed by atoms with van der Waals surface area (Å²) in [5, 5.41) is 12.3. The van der Waals surface area contributed by atoms with Crippen LogP contribution in [0.2, 0.25) is 0 Å². The Bertz CT molecular complexity index is 675. The molecule has 0 aromatic carbocycles. The lowest BCUT2D eigenvalue weighted by atomic mass is 10.6. The molecule has 0 fully saturated rings. The summed E-state index contributed by atoms with van der Waals surface area (Å²) in [5.41, 5.74) is 0. The molecule has 2 heterocycles. The number of carboxylic acids is 1. The maximum absolute atomic E-state index is 11.9. The number of nitrogens with one attached hydrogen (secondary N) is 1. The summed E-state index contributed by atoms with van der Waals surface area (Å²) in [6.07, 6.45) is 5.98. The third kappa shape index (κ3) is 3.68. The van der Waals surface area contributed by atoms with Crippen molar-refractivity contribution >= 4 is 16.0 Å². The highest BCUT2D eigenvalue weighted by Gasteiger charge is 2.16. The van der Waals surface area contributed by atoms with Gasteiger partial charge in [-0.05, 0) is 12.1 Å². The minimum Gasteiger partial charge on any atom is -0.480 e. The van der Waals surface area contributed by atoms with Crippen molar-refractivity contribution in [2.75, 3.05) is 6.54 Å². The first-order chi connectivity index (χ1) is 9.47. The Balaban J connectivity index is 1.95. The number of nitrogens with zero attached hydrogens (tertiary/aromatic N) is 3. The maximum Gasteiger partial charge on any atom is 0.325 e. The average Bonchev–Trinajstić information content (AvgIpc) is 2.99. The van der Waals surface area contributed by atoms with Gasteiger partial charge in [-0.2, -0.15) is 5.10 Å². The van der Waals surface area contributed by atoms with Crippen LogP contribution in [0.4, 0.5) is 0 Å². The Labute approximate surface area is 115 Å². The first-order valence-corrected chi connectivity index (χ1v) is 7.30. The lowest BCUT2D eigenvalue weighted by molar-refractivity contribution is -0.137. The summed E-state index contributed by atoms with van der Waals surface area (Å²) in [7, 11) is -3.67. The molecule has 20 heavy (non-hydrogen) atoms. The van der Waals surface area contributed by atoms with Crippen molar-refractivity contribution in [3.63, 3.8) is 0 Å². The van der Waals surface area contributed by atoms with E-state index in [9.17, 15) is 13.2 Å². The fourth-order valence-corrected chi connectivity index (χ4v) is 2.59. The van der Waals surface area contributed by atoms with E-state index in [1.165, 1.54) is 6.20 Å². The Morgan fingerprint density at radius 2 is 2.05 bits per heavy atom. The summed E-state index contributed by atoms with van der Waals surface area (Å²) < 4.78 is 29.2. The smallest absolute Gasteiger partial charge is 0.325 e. The van der Waals surface area contributed by atoms with Gasteiger partial charge in [0, 0.05) is 31.7 Å². The number of carbonyl (C=O) groups is 1. The van der Waals surface area contributed by atoms with E-state index in [4.69, 9.17) is 5.11 Å². The zero-order chi connectivity index (χ0) is 14.6. The van der Waals surface area contributed by atoms with E-state index in [0.717, 1.165) is 10.9 Å². The quantitative estimate of drug-likeness (QED) is 0.733. The second-order valence-electron chi connectivity index (χ2n) is 4.09. The van der Waals surface area contributed by atoms with Crippen LogP contribution in [0.5, 0.6) is 0 Å². The number of hydrogen-bond acceptors (Lipinski definition) is 4. The molecule has 2 N–H and O–H groups in total. The second-order valence-corrected chi connectivity index (χ2v) is 5.85. The number of carboxylic acid groups (broad SMARTS) is 1. The first-order valence-electron chi connectivity index (χ1n) is 5.82. The number of aromatic nitrogens is 3. The normalized spacial score (nSPS) is 11.6. The molecule has 2 aromatic rings. The van der Waals surface area contributed by atoms with Gasteiger partial charge in [-0.15, -0.1) is 0 Å². The number of sulfonamides is 1. The fourth-order valence-electron chi connectivity index (χ4n) is 1.62. The van der Waals surface area contributed by atoms with Crippen molar-refractivity contribution in [1.29, 1.82) is 0 Å². The van der Waals surface area contributed by atoms with Crippen LogP contribution >= 0.6 is 0 Å². The van der Waals surface area contributed by atoms with Gasteiger partial charge in [0.1, 0.15) is 11.4 Å². The molecule has 0 atom stereocenters. The molecule has 0 aliphatic carbocycles. The van der Waals surface area contributed by atoms with E-state index in [0.29, 0.717) is 6.54 Å². The number of hydrogen-bond donors (Lipinski definition) is 2. The van der Waals surface area contributed by atoms with Gasteiger partial charge in [-0.1, -0.05) is 0 Å². The van der Waals surface area contributed by atoms with Gasteiger partial charge in [-0.25, -0.2) is 13.1 Å². The molecular formula is C11H14N4O4S. The summed E-state index contributed by atoms with van der Waals surface area (Å²) in [6, 6.07) is 3.70. The SMILES string of the molecule is O=C(O)Cn1cc(S(=O)(=O)NCCn2cccc2)cn1. The third-order valence-electron chi connectivity index (χ3n) is 2.55. The Morgan fingerprint density at radius 1 is 1.35 bits per heavy atom. The highest BCUT2D eigenvalue weighted by Crippen LogP contribution is 2.06. The molecule has 0 bridgehead atoms. The predicted octanol–water partition coefficient (Wildman–Crippen LogP) is -0.252. The second kappa shape index (κ2) is 5.88. The predicted molar refractivity (Wildman–Crippen MR) is 69.5 cm³/mol. The van der Waals surface area contributed by atoms with Gasteiger partial charge in [0.15, 0.2) is 0 Å². The lowest BCUT2D eigenvalue weighted by Gasteiger charge is -2.05. The van der Waals surface area contributed by atoms with Gasteiger partial charge in [0.25, 0.3) is 0 Å². The topological polar surface area (TPSA) is 106 Å². The van der Waals surface area contributed by atoms with E-state index in [1.54, 1.807) is 0 Å². The summed E-state index contributed by atoms with van der Waals surface area (Å²) in [5.74, 6) is -1.09. The molecule has 0 saturated carbocycles. The monoisotopic (exact) mass is 298 g/mol. The Hall–Kier alpha value is -2.13. The van der Waals surface area contributed by atoms with Gasteiger partial charge < -0.3 is 9.67 Å². The summed E-state index contributed by atoms with van der Waals surface area (Å²) in [6.45, 7) is 0.371. The van der Waals surface area contributed by atoms with E-state index in [1.807, 2.05) is 29.1 Å². The summed E-state index contributed by atoms with van der Waals surface area (Å²) >= 11 is 0. The van der Waals surface area contributed by atoms with Gasteiger partial charge in [0.05, 0.1) is 6.20 Å². The van der Waals surface area contributed by atoms with Crippen LogP contribution in [0.3, 0.4) is 0 Å². The molecule has 2 aromatic heterocycles. The zero-order valence-electron chi connectivity index (χ0n) is 10.5. The number of rotatable bonds is 7. The van der Waals surface area contributed by atoms with E-state index in [-0.39, 0.29) is 18.0 Å². The highest BCUT2D eigenvalue weighted by molar-refractivity contribution is 7.89. The van der Waals surface area contributed by atoms with Crippen molar-refractivity contribution in [2.45, 2.75) is 18.0 Å². The molecule has 0 saturated heterocycles. The largest absolute Gasteiger partial charge is 0.480 e. The van der Waals surface area contributed by atoms with Crippen molar-refractivity contribution in [3.05, 3.63) is 36.9 Å². The molecule has 0 amide bonds. The number of aliphatic carboxylic acids is 1. The van der Waals surface area contributed by atoms with Crippen LogP contribution in [0.15, 0.2) is 41.8 Å². The van der Waals surface area contributed by atoms with E-state index >= 15 is 0 Å². The molecular weight excluding hydrogens is 284 g/mol. The van der Waals surface area contributed by atoms with Gasteiger partial charge >= 0.3 is 5.97 Å². The van der Waals surface area contributed by atoms with Crippen LogP contribution in [0.25, 0.3) is 0 Å². The van der Waals surface area contributed by atoms with Crippen molar-refractivity contribution in [3.8, 4) is 0 Å². The molecule has 0 unspecified atom stereocenters. The minimum atomic E-state index is -3.67. The van der Waals surface area contributed by atoms with E-state index in [2.05, 4.69) is 9.82 Å². The lowest BCUT2D eigenvalue weighted by Crippen LogP contribution is -2.27. The van der Waals surface area contributed by atoms with Crippen LogP contribution in [-0.4, -0.2) is 40.4 Å². The Kier molecular flexibility index (Phi) is 4.20. The molecule has 108 valence electrons. The average molecular weight is 298 g/mol. The Morgan fingerprint density at radius 3 is 2.70 bits per heavy atom. The van der Waals surface area contributed by atoms with Crippen molar-refractivity contribution < 1.29 is 18.3 Å². The molecule has 0 spiro atoms. The van der Waals surface area contributed by atoms with E-state index < -0.39 is 16.0 Å². The molecule has 0 radical (unpaired) electrons. The molecule has 8 nitrogen and oxygen atoms in total. The highest BCUT2D eigenvalue weighted by atomic mass is 32.2. The van der Waals surface area contributed by atoms with Gasteiger partial charge in [0.2, 0.25) is 10.0 Å². The maximum atomic E-state index is 11.9. The van der Waals surface area contributed by atoms with Crippen LogP contribution in [0, 0.1) is 0 Å². The molecule has 9 heteroatoms. The standard InChI is InChI=1S/C11H14N4O4S/c16-11(17)9-15-8-10(7-12-15)20(18,19)13-3-6-14-4-1-2-5-14/h1-2,4-5,7-8,13H,3,6,9H2,(H,16,17). The fraction of sp³-hybridized carbons (Fsp3) is 0.273. The molecule has 0 aliphatic heterocycles. The van der Waals surface area contributed by atoms with Crippen molar-refractivity contribution in [1.82, 2.24) is 19.1 Å². The first kappa shape index (κ1) is 14.3. The zero-order valence-corrected chi connectivity index (χ0v) is 11.3. The summed E-state index contributed by atoms with van der Waals surface area (Å²) in [4.78, 5) is 10.5. The minimum absolute atomic E-state index is 0.0498. The third-order valence-corrected chi connectivity index (χ3v) is 3.96. The van der Waals surface area contributed by atoms with Crippen LogP contribution in [0.1, 0.15) is 0 Å². The van der Waals surface area contributed by atoms with Crippen LogP contribution in [-0.2, 0) is 27.9 Å². The van der Waals surface area contributed by atoms with Crippen molar-refractivity contribution in [2.24, 2.45) is 0 Å². The molecule has 0 aliphatic rings. The molecule has 2 rings (SSSR count). The van der Waals surface area contributed by atoms with Crippen LogP contribution < -0.4 is 4.72 Å². The van der Waals surface area contributed by atoms with Gasteiger partial charge in [-0.3, -0.25) is 9.48 Å².